The Morgan fingerprint density at radius 3 is 2.68 bits per heavy atom. The second kappa shape index (κ2) is 6.24. The van der Waals surface area contributed by atoms with Crippen molar-refractivity contribution in [2.75, 3.05) is 16.9 Å². The van der Waals surface area contributed by atoms with Crippen LogP contribution in [0.3, 0.4) is 0 Å². The highest BCUT2D eigenvalue weighted by atomic mass is 32.2. The summed E-state index contributed by atoms with van der Waals surface area (Å²) in [5.74, 6) is 0.540. The molecule has 2 aromatic rings. The Morgan fingerprint density at radius 1 is 1.16 bits per heavy atom. The Morgan fingerprint density at radius 2 is 1.95 bits per heavy atom. The molecule has 2 rings (SSSR count). The molecule has 0 radical (unpaired) electrons. The third-order valence-corrected chi connectivity index (χ3v) is 3.18. The fourth-order valence-corrected chi connectivity index (χ4v) is 2.05. The van der Waals surface area contributed by atoms with E-state index in [4.69, 9.17) is 0 Å². The van der Waals surface area contributed by atoms with E-state index in [2.05, 4.69) is 15.6 Å². The molecule has 1 heterocycles. The Balaban J connectivity index is 2.01. The van der Waals surface area contributed by atoms with Gasteiger partial charge < -0.3 is 5.32 Å². The molecule has 0 aliphatic heterocycles. The lowest BCUT2D eigenvalue weighted by Gasteiger charge is -2.08. The summed E-state index contributed by atoms with van der Waals surface area (Å²) in [4.78, 5) is 17.1. The average molecular weight is 273 g/mol. The first-order chi connectivity index (χ1) is 9.17. The van der Waals surface area contributed by atoms with Gasteiger partial charge in [-0.25, -0.2) is 9.78 Å². The zero-order valence-electron chi connectivity index (χ0n) is 10.8. The Hall–Kier alpha value is -2.01. The number of thioether (sulfide) groups is 1. The lowest BCUT2D eigenvalue weighted by Crippen LogP contribution is -2.20. The predicted octanol–water partition coefficient (Wildman–Crippen LogP) is 3.76. The number of benzene rings is 1. The summed E-state index contributed by atoms with van der Waals surface area (Å²) in [6, 6.07) is 12.9. The number of hydrogen-bond donors (Lipinski definition) is 2. The standard InChI is InChI=1S/C14H15N3OS/c1-10-5-3-8-13(15-10)17-14(18)16-11-6-4-7-12(9-11)19-2/h3-9H,1-2H3,(H2,15,16,17,18). The van der Waals surface area contributed by atoms with Gasteiger partial charge in [-0.3, -0.25) is 5.32 Å². The lowest BCUT2D eigenvalue weighted by molar-refractivity contribution is 0.262. The number of anilines is 2. The van der Waals surface area contributed by atoms with Gasteiger partial charge in [0.25, 0.3) is 0 Å². The van der Waals surface area contributed by atoms with Gasteiger partial charge >= 0.3 is 6.03 Å². The van der Waals surface area contributed by atoms with Crippen LogP contribution >= 0.6 is 11.8 Å². The van der Waals surface area contributed by atoms with Crippen molar-refractivity contribution >= 4 is 29.3 Å². The van der Waals surface area contributed by atoms with E-state index in [9.17, 15) is 4.79 Å². The van der Waals surface area contributed by atoms with Crippen LogP contribution in [0, 0.1) is 6.92 Å². The van der Waals surface area contributed by atoms with E-state index in [-0.39, 0.29) is 6.03 Å². The van der Waals surface area contributed by atoms with Gasteiger partial charge in [-0.2, -0.15) is 0 Å². The lowest BCUT2D eigenvalue weighted by atomic mass is 10.3. The van der Waals surface area contributed by atoms with Crippen molar-refractivity contribution in [3.63, 3.8) is 0 Å². The number of carbonyl (C=O) groups excluding carboxylic acids is 1. The van der Waals surface area contributed by atoms with Gasteiger partial charge in [0, 0.05) is 16.3 Å². The van der Waals surface area contributed by atoms with Gasteiger partial charge in [-0.05, 0) is 43.5 Å². The maximum absolute atomic E-state index is 11.8. The molecule has 0 fully saturated rings. The van der Waals surface area contributed by atoms with Crippen molar-refractivity contribution in [3.05, 3.63) is 48.2 Å². The number of rotatable bonds is 3. The number of aromatic nitrogens is 1. The monoisotopic (exact) mass is 273 g/mol. The molecule has 1 aromatic carbocycles. The minimum absolute atomic E-state index is 0.295. The summed E-state index contributed by atoms with van der Waals surface area (Å²) < 4.78 is 0. The van der Waals surface area contributed by atoms with Crippen molar-refractivity contribution in [3.8, 4) is 0 Å². The van der Waals surface area contributed by atoms with Crippen LogP contribution in [0.2, 0.25) is 0 Å². The Bertz CT molecular complexity index is 586. The normalized spacial score (nSPS) is 10.0. The summed E-state index contributed by atoms with van der Waals surface area (Å²) in [5.41, 5.74) is 1.62. The molecule has 0 saturated heterocycles. The first kappa shape index (κ1) is 13.4. The van der Waals surface area contributed by atoms with Crippen LogP contribution in [0.4, 0.5) is 16.3 Å². The zero-order chi connectivity index (χ0) is 13.7. The van der Waals surface area contributed by atoms with Crippen LogP contribution in [-0.2, 0) is 0 Å². The average Bonchev–Trinajstić information content (AvgIpc) is 2.38. The molecule has 0 aliphatic carbocycles. The van der Waals surface area contributed by atoms with Crippen molar-refractivity contribution in [1.82, 2.24) is 4.98 Å². The molecule has 0 aliphatic rings. The number of hydrogen-bond acceptors (Lipinski definition) is 3. The summed E-state index contributed by atoms with van der Waals surface area (Å²) in [5, 5.41) is 5.48. The predicted molar refractivity (Wildman–Crippen MR) is 79.8 cm³/mol. The van der Waals surface area contributed by atoms with E-state index in [1.165, 1.54) is 0 Å². The summed E-state index contributed by atoms with van der Waals surface area (Å²) in [6.45, 7) is 1.88. The topological polar surface area (TPSA) is 54.0 Å². The van der Waals surface area contributed by atoms with Gasteiger partial charge in [0.2, 0.25) is 0 Å². The molecule has 5 heteroatoms. The number of pyridine rings is 1. The number of nitrogens with zero attached hydrogens (tertiary/aromatic N) is 1. The second-order valence-electron chi connectivity index (χ2n) is 3.98. The first-order valence-electron chi connectivity index (χ1n) is 5.83. The molecule has 2 amide bonds. The quantitative estimate of drug-likeness (QED) is 0.837. The smallest absolute Gasteiger partial charge is 0.308 e. The molecular formula is C14H15N3OS. The number of urea groups is 1. The zero-order valence-corrected chi connectivity index (χ0v) is 11.6. The molecule has 0 saturated carbocycles. The highest BCUT2D eigenvalue weighted by Crippen LogP contribution is 2.19. The van der Waals surface area contributed by atoms with Crippen LogP contribution in [-0.4, -0.2) is 17.3 Å². The molecule has 4 nitrogen and oxygen atoms in total. The van der Waals surface area contributed by atoms with Crippen LogP contribution in [0.15, 0.2) is 47.4 Å². The summed E-state index contributed by atoms with van der Waals surface area (Å²) >= 11 is 1.63. The van der Waals surface area contributed by atoms with Crippen molar-refractivity contribution in [2.45, 2.75) is 11.8 Å². The van der Waals surface area contributed by atoms with E-state index in [1.54, 1.807) is 17.8 Å². The number of amides is 2. The fraction of sp³-hybridized carbons (Fsp3) is 0.143. The van der Waals surface area contributed by atoms with Gasteiger partial charge in [-0.1, -0.05) is 12.1 Å². The largest absolute Gasteiger partial charge is 0.324 e. The van der Waals surface area contributed by atoms with E-state index >= 15 is 0 Å². The van der Waals surface area contributed by atoms with Crippen LogP contribution in [0.25, 0.3) is 0 Å². The van der Waals surface area contributed by atoms with Gasteiger partial charge in [0.1, 0.15) is 5.82 Å². The highest BCUT2D eigenvalue weighted by molar-refractivity contribution is 7.98. The van der Waals surface area contributed by atoms with E-state index in [1.807, 2.05) is 49.6 Å². The van der Waals surface area contributed by atoms with Crippen LogP contribution in [0.5, 0.6) is 0 Å². The minimum Gasteiger partial charge on any atom is -0.308 e. The molecular weight excluding hydrogens is 258 g/mol. The Kier molecular flexibility index (Phi) is 4.41. The summed E-state index contributed by atoms with van der Waals surface area (Å²) in [7, 11) is 0. The maximum Gasteiger partial charge on any atom is 0.324 e. The van der Waals surface area contributed by atoms with E-state index < -0.39 is 0 Å². The molecule has 0 bridgehead atoms. The maximum atomic E-state index is 11.8. The third kappa shape index (κ3) is 3.99. The fourth-order valence-electron chi connectivity index (χ4n) is 1.59. The van der Waals surface area contributed by atoms with Crippen molar-refractivity contribution < 1.29 is 4.79 Å². The number of aryl methyl sites for hydroxylation is 1. The second-order valence-corrected chi connectivity index (χ2v) is 4.85. The van der Waals surface area contributed by atoms with E-state index in [0.29, 0.717) is 5.82 Å². The molecule has 0 spiro atoms. The van der Waals surface area contributed by atoms with Gasteiger partial charge in [0.15, 0.2) is 0 Å². The first-order valence-corrected chi connectivity index (χ1v) is 7.05. The molecule has 0 atom stereocenters. The molecule has 1 aromatic heterocycles. The highest BCUT2D eigenvalue weighted by Gasteiger charge is 2.04. The van der Waals surface area contributed by atoms with Gasteiger partial charge in [0.05, 0.1) is 0 Å². The minimum atomic E-state index is -0.295. The number of nitrogens with one attached hydrogen (secondary N) is 2. The molecule has 98 valence electrons. The van der Waals surface area contributed by atoms with Crippen molar-refractivity contribution in [1.29, 1.82) is 0 Å². The van der Waals surface area contributed by atoms with Gasteiger partial charge in [-0.15, -0.1) is 11.8 Å². The Labute approximate surface area is 116 Å². The molecule has 2 N–H and O–H groups in total. The van der Waals surface area contributed by atoms with Crippen molar-refractivity contribution in [2.24, 2.45) is 0 Å². The van der Waals surface area contributed by atoms with Crippen LogP contribution < -0.4 is 10.6 Å². The van der Waals surface area contributed by atoms with E-state index in [0.717, 1.165) is 16.3 Å². The van der Waals surface area contributed by atoms with Crippen LogP contribution in [0.1, 0.15) is 5.69 Å². The SMILES string of the molecule is CSc1cccc(NC(=O)Nc2cccc(C)n2)c1. The summed E-state index contributed by atoms with van der Waals surface area (Å²) in [6.07, 6.45) is 2.00. The molecule has 0 unspecified atom stereocenters. The third-order valence-electron chi connectivity index (χ3n) is 2.46. The molecule has 19 heavy (non-hydrogen) atoms. The number of carbonyl (C=O) groups is 1.